The molecular formula is C16H23NO3. The molecule has 1 amide bonds. The molecule has 1 aliphatic heterocycles. The molecule has 4 heteroatoms. The number of hydrogen-bond acceptors (Lipinski definition) is 3. The van der Waals surface area contributed by atoms with Crippen LogP contribution in [0.1, 0.15) is 35.7 Å². The summed E-state index contributed by atoms with van der Waals surface area (Å²) in [6.45, 7) is 7.33. The summed E-state index contributed by atoms with van der Waals surface area (Å²) in [7, 11) is 0. The predicted octanol–water partition coefficient (Wildman–Crippen LogP) is 2.65. The molecule has 0 radical (unpaired) electrons. The highest BCUT2D eigenvalue weighted by Crippen LogP contribution is 2.23. The fraction of sp³-hybridized carbons (Fsp3) is 0.562. The first-order chi connectivity index (χ1) is 9.72. The number of rotatable bonds is 5. The molecular weight excluding hydrogens is 254 g/mol. The molecule has 0 spiro atoms. The van der Waals surface area contributed by atoms with Crippen molar-refractivity contribution in [1.82, 2.24) is 4.90 Å². The number of unbranched alkanes of at least 4 members (excludes halogenated alkanes) is 1. The van der Waals surface area contributed by atoms with Gasteiger partial charge in [0, 0.05) is 13.1 Å². The van der Waals surface area contributed by atoms with Gasteiger partial charge in [-0.05, 0) is 31.0 Å². The molecule has 0 unspecified atom stereocenters. The third-order valence-corrected chi connectivity index (χ3v) is 3.42. The van der Waals surface area contributed by atoms with Crippen LogP contribution in [0.25, 0.3) is 0 Å². The van der Waals surface area contributed by atoms with Gasteiger partial charge in [-0.1, -0.05) is 19.4 Å². The topological polar surface area (TPSA) is 38.8 Å². The SMILES string of the molecule is CCCCOc1cc(C)ccc1C(=O)N1CCOCC1. The van der Waals surface area contributed by atoms with Gasteiger partial charge >= 0.3 is 0 Å². The average Bonchev–Trinajstić information content (AvgIpc) is 2.48. The Labute approximate surface area is 120 Å². The smallest absolute Gasteiger partial charge is 0.257 e. The first-order valence-corrected chi connectivity index (χ1v) is 7.33. The highest BCUT2D eigenvalue weighted by Gasteiger charge is 2.21. The zero-order valence-corrected chi connectivity index (χ0v) is 12.4. The van der Waals surface area contributed by atoms with E-state index in [0.717, 1.165) is 18.4 Å². The van der Waals surface area contributed by atoms with E-state index in [0.29, 0.717) is 44.2 Å². The largest absolute Gasteiger partial charge is 0.493 e. The summed E-state index contributed by atoms with van der Waals surface area (Å²) < 4.78 is 11.1. The van der Waals surface area contributed by atoms with Gasteiger partial charge in [0.2, 0.25) is 0 Å². The lowest BCUT2D eigenvalue weighted by molar-refractivity contribution is 0.0300. The molecule has 20 heavy (non-hydrogen) atoms. The van der Waals surface area contributed by atoms with Crippen LogP contribution >= 0.6 is 0 Å². The van der Waals surface area contributed by atoms with Gasteiger partial charge in [0.15, 0.2) is 0 Å². The molecule has 0 bridgehead atoms. The molecule has 2 rings (SSSR count). The lowest BCUT2D eigenvalue weighted by atomic mass is 10.1. The van der Waals surface area contributed by atoms with Crippen molar-refractivity contribution in [2.45, 2.75) is 26.7 Å². The van der Waals surface area contributed by atoms with Gasteiger partial charge in [-0.25, -0.2) is 0 Å². The van der Waals surface area contributed by atoms with Crippen molar-refractivity contribution in [3.8, 4) is 5.75 Å². The van der Waals surface area contributed by atoms with Crippen molar-refractivity contribution < 1.29 is 14.3 Å². The van der Waals surface area contributed by atoms with Crippen LogP contribution in [0.15, 0.2) is 18.2 Å². The Morgan fingerprint density at radius 3 is 2.80 bits per heavy atom. The molecule has 0 aromatic heterocycles. The summed E-state index contributed by atoms with van der Waals surface area (Å²) in [5.74, 6) is 0.745. The van der Waals surface area contributed by atoms with E-state index >= 15 is 0 Å². The average molecular weight is 277 g/mol. The first-order valence-electron chi connectivity index (χ1n) is 7.33. The zero-order valence-electron chi connectivity index (χ0n) is 12.4. The van der Waals surface area contributed by atoms with Gasteiger partial charge in [-0.2, -0.15) is 0 Å². The van der Waals surface area contributed by atoms with Crippen LogP contribution in [0, 0.1) is 6.92 Å². The number of carbonyl (C=O) groups excluding carboxylic acids is 1. The first kappa shape index (κ1) is 14.9. The molecule has 1 fully saturated rings. The zero-order chi connectivity index (χ0) is 14.4. The van der Waals surface area contributed by atoms with E-state index < -0.39 is 0 Å². The maximum atomic E-state index is 12.6. The van der Waals surface area contributed by atoms with Crippen LogP contribution in [0.3, 0.4) is 0 Å². The van der Waals surface area contributed by atoms with E-state index in [2.05, 4.69) is 6.92 Å². The molecule has 110 valence electrons. The maximum Gasteiger partial charge on any atom is 0.257 e. The molecule has 1 saturated heterocycles. The number of carbonyl (C=O) groups is 1. The minimum absolute atomic E-state index is 0.0415. The van der Waals surface area contributed by atoms with Crippen molar-refractivity contribution in [2.75, 3.05) is 32.9 Å². The minimum atomic E-state index is 0.0415. The fourth-order valence-electron chi connectivity index (χ4n) is 2.19. The predicted molar refractivity (Wildman–Crippen MR) is 78.3 cm³/mol. The lowest BCUT2D eigenvalue weighted by Gasteiger charge is -2.27. The number of ether oxygens (including phenoxy) is 2. The minimum Gasteiger partial charge on any atom is -0.493 e. The number of benzene rings is 1. The van der Waals surface area contributed by atoms with Gasteiger partial charge in [-0.3, -0.25) is 4.79 Å². The molecule has 1 aromatic rings. The molecule has 0 saturated carbocycles. The van der Waals surface area contributed by atoms with Gasteiger partial charge in [-0.15, -0.1) is 0 Å². The van der Waals surface area contributed by atoms with Crippen LogP contribution in [0.4, 0.5) is 0 Å². The third-order valence-electron chi connectivity index (χ3n) is 3.42. The van der Waals surface area contributed by atoms with Gasteiger partial charge < -0.3 is 14.4 Å². The summed E-state index contributed by atoms with van der Waals surface area (Å²) in [5.41, 5.74) is 1.77. The Kier molecular flexibility index (Phi) is 5.41. The molecule has 0 atom stereocenters. The van der Waals surface area contributed by atoms with E-state index in [-0.39, 0.29) is 5.91 Å². The monoisotopic (exact) mass is 277 g/mol. The highest BCUT2D eigenvalue weighted by atomic mass is 16.5. The summed E-state index contributed by atoms with van der Waals surface area (Å²) in [6.07, 6.45) is 2.08. The number of morpholine rings is 1. The second kappa shape index (κ2) is 7.29. The van der Waals surface area contributed by atoms with Gasteiger partial charge in [0.25, 0.3) is 5.91 Å². The Morgan fingerprint density at radius 1 is 1.35 bits per heavy atom. The summed E-state index contributed by atoms with van der Waals surface area (Å²) in [5, 5.41) is 0. The number of amides is 1. The van der Waals surface area contributed by atoms with Crippen LogP contribution in [0.5, 0.6) is 5.75 Å². The van der Waals surface area contributed by atoms with Crippen molar-refractivity contribution in [3.63, 3.8) is 0 Å². The van der Waals surface area contributed by atoms with Crippen LogP contribution in [-0.2, 0) is 4.74 Å². The van der Waals surface area contributed by atoms with E-state index in [1.54, 1.807) is 0 Å². The summed E-state index contributed by atoms with van der Waals surface area (Å²) in [6, 6.07) is 5.78. The Bertz CT molecular complexity index is 453. The van der Waals surface area contributed by atoms with E-state index in [4.69, 9.17) is 9.47 Å². The van der Waals surface area contributed by atoms with Gasteiger partial charge in [0.05, 0.1) is 25.4 Å². The van der Waals surface area contributed by atoms with Crippen LogP contribution in [-0.4, -0.2) is 43.7 Å². The number of aryl methyl sites for hydroxylation is 1. The van der Waals surface area contributed by atoms with E-state index in [1.807, 2.05) is 30.0 Å². The molecule has 4 nitrogen and oxygen atoms in total. The molecule has 1 aromatic carbocycles. The second-order valence-corrected chi connectivity index (χ2v) is 5.11. The van der Waals surface area contributed by atoms with E-state index in [9.17, 15) is 4.79 Å². The Hall–Kier alpha value is -1.55. The highest BCUT2D eigenvalue weighted by molar-refractivity contribution is 5.97. The van der Waals surface area contributed by atoms with Crippen LogP contribution < -0.4 is 4.74 Å². The van der Waals surface area contributed by atoms with Crippen LogP contribution in [0.2, 0.25) is 0 Å². The Balaban J connectivity index is 2.14. The van der Waals surface area contributed by atoms with Crippen molar-refractivity contribution in [1.29, 1.82) is 0 Å². The second-order valence-electron chi connectivity index (χ2n) is 5.11. The molecule has 0 N–H and O–H groups in total. The summed E-state index contributed by atoms with van der Waals surface area (Å²) >= 11 is 0. The standard InChI is InChI=1S/C16H23NO3/c1-3-4-9-20-15-12-13(2)5-6-14(15)16(18)17-7-10-19-11-8-17/h5-6,12H,3-4,7-11H2,1-2H3. The Morgan fingerprint density at radius 2 is 2.10 bits per heavy atom. The van der Waals surface area contributed by atoms with Crippen molar-refractivity contribution in [3.05, 3.63) is 29.3 Å². The molecule has 1 heterocycles. The molecule has 1 aliphatic rings. The normalized spacial score (nSPS) is 15.2. The summed E-state index contributed by atoms with van der Waals surface area (Å²) in [4.78, 5) is 14.4. The maximum absolute atomic E-state index is 12.6. The third kappa shape index (κ3) is 3.73. The van der Waals surface area contributed by atoms with Crippen molar-refractivity contribution >= 4 is 5.91 Å². The van der Waals surface area contributed by atoms with Crippen molar-refractivity contribution in [2.24, 2.45) is 0 Å². The number of nitrogens with zero attached hydrogens (tertiary/aromatic N) is 1. The van der Waals surface area contributed by atoms with E-state index in [1.165, 1.54) is 0 Å². The van der Waals surface area contributed by atoms with Gasteiger partial charge in [0.1, 0.15) is 5.75 Å². The molecule has 0 aliphatic carbocycles. The lowest BCUT2D eigenvalue weighted by Crippen LogP contribution is -2.40. The number of hydrogen-bond donors (Lipinski definition) is 0. The quantitative estimate of drug-likeness (QED) is 0.777. The fourth-order valence-corrected chi connectivity index (χ4v) is 2.19.